The van der Waals surface area contributed by atoms with E-state index in [-0.39, 0.29) is 5.75 Å². The Morgan fingerprint density at radius 1 is 1.00 bits per heavy atom. The Bertz CT molecular complexity index is 1260. The van der Waals surface area contributed by atoms with E-state index < -0.39 is 9.84 Å². The number of rotatable bonds is 7. The predicted molar refractivity (Wildman–Crippen MR) is 117 cm³/mol. The molecule has 0 aliphatic carbocycles. The Morgan fingerprint density at radius 2 is 1.72 bits per heavy atom. The average Bonchev–Trinajstić information content (AvgIpc) is 3.11. The monoisotopic (exact) mass is 408 g/mol. The third kappa shape index (κ3) is 3.70. The molecule has 0 fully saturated rings. The third-order valence-corrected chi connectivity index (χ3v) is 6.84. The zero-order valence-corrected chi connectivity index (χ0v) is 17.2. The highest BCUT2D eigenvalue weighted by Crippen LogP contribution is 2.29. The van der Waals surface area contributed by atoms with Crippen LogP contribution in [0.25, 0.3) is 21.9 Å². The zero-order valence-electron chi connectivity index (χ0n) is 16.4. The maximum absolute atomic E-state index is 12.8. The quantitative estimate of drug-likeness (QED) is 0.499. The van der Waals surface area contributed by atoms with Gasteiger partial charge in [0.1, 0.15) is 11.3 Å². The first-order valence-electron chi connectivity index (χ1n) is 9.82. The Balaban J connectivity index is 1.83. The van der Waals surface area contributed by atoms with Crippen LogP contribution in [0.3, 0.4) is 0 Å². The van der Waals surface area contributed by atoms with Crippen molar-refractivity contribution in [1.29, 1.82) is 0 Å². The minimum atomic E-state index is -3.40. The van der Waals surface area contributed by atoms with Crippen LogP contribution in [-0.2, 0) is 22.8 Å². The molecular weight excluding hydrogens is 384 g/mol. The number of imidazole rings is 1. The van der Waals surface area contributed by atoms with Gasteiger partial charge in [0.05, 0.1) is 21.7 Å². The van der Waals surface area contributed by atoms with Crippen molar-refractivity contribution in [3.05, 3.63) is 60.4 Å². The summed E-state index contributed by atoms with van der Waals surface area (Å²) in [5, 5.41) is 0.934. The number of hydrogen-bond donors (Lipinski definition) is 1. The van der Waals surface area contributed by atoms with Crippen LogP contribution in [0.15, 0.2) is 59.5 Å². The van der Waals surface area contributed by atoms with Crippen LogP contribution in [0, 0.1) is 0 Å². The molecule has 0 aliphatic rings. The normalized spacial score (nSPS) is 12.0. The number of benzene rings is 2. The fraction of sp³-hybridized carbons (Fsp3) is 0.273. The number of nitrogens with zero attached hydrogens (tertiary/aromatic N) is 3. The van der Waals surface area contributed by atoms with Crippen molar-refractivity contribution < 1.29 is 8.42 Å². The number of pyridine rings is 1. The summed E-state index contributed by atoms with van der Waals surface area (Å²) in [6.07, 6.45) is 2.77. The van der Waals surface area contributed by atoms with E-state index in [1.165, 1.54) is 0 Å². The number of anilines is 1. The smallest absolute Gasteiger partial charge is 0.180 e. The molecule has 0 spiro atoms. The van der Waals surface area contributed by atoms with Gasteiger partial charge in [-0.2, -0.15) is 0 Å². The van der Waals surface area contributed by atoms with E-state index in [1.807, 2.05) is 34.9 Å². The Kier molecular flexibility index (Phi) is 5.24. The van der Waals surface area contributed by atoms with Gasteiger partial charge in [0.2, 0.25) is 0 Å². The summed E-state index contributed by atoms with van der Waals surface area (Å²) in [6, 6.07) is 16.3. The first-order chi connectivity index (χ1) is 14.0. The largest absolute Gasteiger partial charge is 0.382 e. The third-order valence-electron chi connectivity index (χ3n) is 5.13. The molecule has 0 amide bonds. The lowest BCUT2D eigenvalue weighted by Gasteiger charge is -2.11. The minimum Gasteiger partial charge on any atom is -0.382 e. The average molecular weight is 409 g/mol. The van der Waals surface area contributed by atoms with Crippen molar-refractivity contribution >= 4 is 37.6 Å². The van der Waals surface area contributed by atoms with Crippen LogP contribution in [0.4, 0.5) is 5.82 Å². The molecule has 0 atom stereocenters. The number of para-hydroxylation sites is 1. The maximum Gasteiger partial charge on any atom is 0.180 e. The molecule has 2 heterocycles. The molecule has 0 saturated carbocycles. The number of sulfone groups is 1. The molecule has 6 nitrogen and oxygen atoms in total. The Morgan fingerprint density at radius 3 is 2.48 bits per heavy atom. The number of nitrogens with two attached hydrogens (primary N) is 1. The summed E-state index contributed by atoms with van der Waals surface area (Å²) in [6.45, 7) is 2.44. The molecule has 4 aromatic rings. The fourth-order valence-electron chi connectivity index (χ4n) is 3.63. The van der Waals surface area contributed by atoms with Gasteiger partial charge in [-0.05, 0) is 24.6 Å². The highest BCUT2D eigenvalue weighted by atomic mass is 32.2. The van der Waals surface area contributed by atoms with E-state index in [4.69, 9.17) is 10.7 Å². The molecule has 2 aromatic heterocycles. The molecule has 0 aliphatic heterocycles. The molecular formula is C22H24N4O2S. The topological polar surface area (TPSA) is 90.9 Å². The van der Waals surface area contributed by atoms with E-state index in [1.54, 1.807) is 24.3 Å². The lowest BCUT2D eigenvalue weighted by molar-refractivity contribution is 0.586. The molecule has 0 unspecified atom stereocenters. The van der Waals surface area contributed by atoms with Crippen LogP contribution in [-0.4, -0.2) is 28.7 Å². The number of aromatic nitrogens is 3. The number of hydrogen-bond acceptors (Lipinski definition) is 5. The highest BCUT2D eigenvalue weighted by Gasteiger charge is 2.20. The summed E-state index contributed by atoms with van der Waals surface area (Å²) in [5.41, 5.74) is 8.49. The van der Waals surface area contributed by atoms with Crippen molar-refractivity contribution in [2.24, 2.45) is 0 Å². The lowest BCUT2D eigenvalue weighted by Crippen LogP contribution is -2.15. The number of nitrogen functional groups attached to an aromatic ring is 1. The van der Waals surface area contributed by atoms with E-state index in [0.717, 1.165) is 41.5 Å². The van der Waals surface area contributed by atoms with E-state index in [9.17, 15) is 8.42 Å². The first kappa shape index (κ1) is 19.4. The van der Waals surface area contributed by atoms with Gasteiger partial charge in [0.25, 0.3) is 0 Å². The number of aryl methyl sites for hydroxylation is 2. The lowest BCUT2D eigenvalue weighted by atomic mass is 10.2. The van der Waals surface area contributed by atoms with Crippen molar-refractivity contribution in [2.45, 2.75) is 37.6 Å². The standard InChI is InChI=1S/C22H24N4O2S/c1-2-3-13-19-25-20-21(17-11-7-8-12-18(17)24-22(20)23)26(19)14-15-29(27,28)16-9-5-4-6-10-16/h4-12H,2-3,13-15H2,1H3,(H2,23,24). The van der Waals surface area contributed by atoms with Gasteiger partial charge in [-0.1, -0.05) is 49.7 Å². The molecule has 29 heavy (non-hydrogen) atoms. The van der Waals surface area contributed by atoms with E-state index >= 15 is 0 Å². The molecule has 0 saturated heterocycles. The fourth-order valence-corrected chi connectivity index (χ4v) is 4.86. The van der Waals surface area contributed by atoms with Gasteiger partial charge < -0.3 is 10.3 Å². The predicted octanol–water partition coefficient (Wildman–Crippen LogP) is 3.98. The van der Waals surface area contributed by atoms with Crippen LogP contribution >= 0.6 is 0 Å². The molecule has 7 heteroatoms. The van der Waals surface area contributed by atoms with Crippen molar-refractivity contribution in [1.82, 2.24) is 14.5 Å². The maximum atomic E-state index is 12.8. The second kappa shape index (κ2) is 7.83. The van der Waals surface area contributed by atoms with E-state index in [0.29, 0.717) is 22.8 Å². The van der Waals surface area contributed by atoms with Crippen molar-refractivity contribution in [3.8, 4) is 0 Å². The Labute approximate surface area is 170 Å². The van der Waals surface area contributed by atoms with Gasteiger partial charge in [-0.25, -0.2) is 18.4 Å². The van der Waals surface area contributed by atoms with Crippen molar-refractivity contribution in [2.75, 3.05) is 11.5 Å². The SMILES string of the molecule is CCCCc1nc2c(N)nc3ccccc3c2n1CCS(=O)(=O)c1ccccc1. The summed E-state index contributed by atoms with van der Waals surface area (Å²) < 4.78 is 27.7. The molecule has 2 N–H and O–H groups in total. The zero-order chi connectivity index (χ0) is 20.4. The summed E-state index contributed by atoms with van der Waals surface area (Å²) in [7, 11) is -3.40. The van der Waals surface area contributed by atoms with Gasteiger partial charge in [0.15, 0.2) is 15.7 Å². The number of fused-ring (bicyclic) bond motifs is 3. The second-order valence-electron chi connectivity index (χ2n) is 7.13. The summed E-state index contributed by atoms with van der Waals surface area (Å²) in [5.74, 6) is 1.23. The van der Waals surface area contributed by atoms with Crippen molar-refractivity contribution in [3.63, 3.8) is 0 Å². The molecule has 4 rings (SSSR count). The van der Waals surface area contributed by atoms with Crippen LogP contribution in [0.1, 0.15) is 25.6 Å². The molecule has 0 radical (unpaired) electrons. The minimum absolute atomic E-state index is 0.00183. The summed E-state index contributed by atoms with van der Waals surface area (Å²) >= 11 is 0. The van der Waals surface area contributed by atoms with Gasteiger partial charge >= 0.3 is 0 Å². The van der Waals surface area contributed by atoms with Crippen LogP contribution < -0.4 is 5.73 Å². The van der Waals surface area contributed by atoms with Crippen LogP contribution in [0.2, 0.25) is 0 Å². The van der Waals surface area contributed by atoms with Gasteiger partial charge in [-0.15, -0.1) is 0 Å². The van der Waals surface area contributed by atoms with Crippen LogP contribution in [0.5, 0.6) is 0 Å². The Hall–Kier alpha value is -2.93. The second-order valence-corrected chi connectivity index (χ2v) is 9.24. The van der Waals surface area contributed by atoms with Gasteiger partial charge in [-0.3, -0.25) is 0 Å². The molecule has 2 aromatic carbocycles. The van der Waals surface area contributed by atoms with E-state index in [2.05, 4.69) is 11.9 Å². The summed E-state index contributed by atoms with van der Waals surface area (Å²) in [4.78, 5) is 9.57. The highest BCUT2D eigenvalue weighted by molar-refractivity contribution is 7.91. The first-order valence-corrected chi connectivity index (χ1v) is 11.5. The molecule has 150 valence electrons. The molecule has 0 bridgehead atoms. The number of unbranched alkanes of at least 4 members (excludes halogenated alkanes) is 1. The van der Waals surface area contributed by atoms with Gasteiger partial charge in [0, 0.05) is 18.4 Å².